The maximum absolute atomic E-state index is 6.89. The summed E-state index contributed by atoms with van der Waals surface area (Å²) in [6.45, 7) is 0. The van der Waals surface area contributed by atoms with Crippen LogP contribution in [-0.4, -0.2) is 4.57 Å². The van der Waals surface area contributed by atoms with Gasteiger partial charge in [0.2, 0.25) is 0 Å². The lowest BCUT2D eigenvalue weighted by Gasteiger charge is -2.30. The predicted molar refractivity (Wildman–Crippen MR) is 297 cm³/mol. The fraction of sp³-hybridized carbons (Fsp3) is 0.0149. The van der Waals surface area contributed by atoms with Crippen molar-refractivity contribution < 1.29 is 4.42 Å². The lowest BCUT2D eigenvalue weighted by atomic mass is 9.70. The molecule has 0 amide bonds. The van der Waals surface area contributed by atoms with Crippen molar-refractivity contribution in [2.45, 2.75) is 5.41 Å². The molecule has 0 saturated carbocycles. The summed E-state index contributed by atoms with van der Waals surface area (Å²) in [5.74, 6) is 0. The van der Waals surface area contributed by atoms with E-state index in [2.05, 4.69) is 252 Å². The van der Waals surface area contributed by atoms with E-state index in [1.54, 1.807) is 0 Å². The van der Waals surface area contributed by atoms with Gasteiger partial charge in [0.25, 0.3) is 0 Å². The Morgan fingerprint density at radius 3 is 1.72 bits per heavy atom. The zero-order valence-electron chi connectivity index (χ0n) is 38.3. The normalized spacial score (nSPS) is 13.2. The molecule has 2 aliphatic carbocycles. The molecule has 0 radical (unpaired) electrons. The number of para-hydroxylation sites is 4. The van der Waals surface area contributed by atoms with Gasteiger partial charge in [-0.3, -0.25) is 0 Å². The van der Waals surface area contributed by atoms with Crippen molar-refractivity contribution >= 4 is 92.3 Å². The molecule has 1 spiro atoms. The van der Waals surface area contributed by atoms with E-state index in [-0.39, 0.29) is 5.41 Å². The Morgan fingerprint density at radius 2 is 0.930 bits per heavy atom. The van der Waals surface area contributed by atoms with Crippen LogP contribution in [0.2, 0.25) is 0 Å². The maximum atomic E-state index is 6.89. The molecule has 3 nitrogen and oxygen atoms in total. The van der Waals surface area contributed by atoms with E-state index in [9.17, 15) is 0 Å². The molecular formula is C67H40N2OS. The van der Waals surface area contributed by atoms with E-state index in [0.717, 1.165) is 55.7 Å². The molecule has 330 valence electrons. The third-order valence-electron chi connectivity index (χ3n) is 15.6. The monoisotopic (exact) mass is 920 g/mol. The molecule has 0 unspecified atom stereocenters. The van der Waals surface area contributed by atoms with Crippen molar-refractivity contribution in [3.63, 3.8) is 0 Å². The van der Waals surface area contributed by atoms with Gasteiger partial charge in [-0.2, -0.15) is 0 Å². The molecule has 16 rings (SSSR count). The van der Waals surface area contributed by atoms with Gasteiger partial charge in [-0.25, -0.2) is 0 Å². The maximum Gasteiger partial charge on any atom is 0.159 e. The molecule has 2 aliphatic rings. The van der Waals surface area contributed by atoms with Crippen molar-refractivity contribution in [1.82, 2.24) is 4.57 Å². The van der Waals surface area contributed by atoms with Crippen LogP contribution in [0.15, 0.2) is 247 Å². The van der Waals surface area contributed by atoms with Crippen molar-refractivity contribution in [2.75, 3.05) is 4.90 Å². The van der Waals surface area contributed by atoms with Gasteiger partial charge in [-0.15, -0.1) is 11.3 Å². The highest BCUT2D eigenvalue weighted by molar-refractivity contribution is 7.26. The minimum atomic E-state index is -0.390. The van der Waals surface area contributed by atoms with E-state index in [1.165, 1.54) is 86.6 Å². The van der Waals surface area contributed by atoms with Crippen LogP contribution in [0.3, 0.4) is 0 Å². The highest BCUT2D eigenvalue weighted by Gasteiger charge is 2.51. The number of thiophene rings is 1. The van der Waals surface area contributed by atoms with Crippen LogP contribution < -0.4 is 4.90 Å². The smallest absolute Gasteiger partial charge is 0.159 e. The number of aromatic nitrogens is 1. The van der Waals surface area contributed by atoms with Crippen molar-refractivity contribution in [2.24, 2.45) is 0 Å². The topological polar surface area (TPSA) is 21.3 Å². The molecule has 3 heterocycles. The Hall–Kier alpha value is -8.96. The average Bonchev–Trinajstić information content (AvgIpc) is 4.24. The lowest BCUT2D eigenvalue weighted by molar-refractivity contribution is 0.669. The molecule has 11 aromatic carbocycles. The molecule has 4 heteroatoms. The molecule has 14 aromatic rings. The molecule has 0 atom stereocenters. The van der Waals surface area contributed by atoms with Gasteiger partial charge in [0.15, 0.2) is 5.58 Å². The predicted octanol–water partition coefficient (Wildman–Crippen LogP) is 18.5. The number of benzene rings is 11. The Balaban J connectivity index is 0.942. The summed E-state index contributed by atoms with van der Waals surface area (Å²) in [6.07, 6.45) is 0. The lowest BCUT2D eigenvalue weighted by Crippen LogP contribution is -2.25. The minimum absolute atomic E-state index is 0.390. The van der Waals surface area contributed by atoms with Gasteiger partial charge >= 0.3 is 0 Å². The number of hydrogen-bond donors (Lipinski definition) is 0. The molecule has 0 bridgehead atoms. The van der Waals surface area contributed by atoms with E-state index >= 15 is 0 Å². The number of rotatable bonds is 5. The van der Waals surface area contributed by atoms with Crippen LogP contribution in [0.1, 0.15) is 22.3 Å². The second-order valence-corrected chi connectivity index (χ2v) is 20.1. The van der Waals surface area contributed by atoms with E-state index in [0.29, 0.717) is 0 Å². The highest BCUT2D eigenvalue weighted by atomic mass is 32.1. The summed E-state index contributed by atoms with van der Waals surface area (Å²) >= 11 is 1.85. The molecule has 0 saturated heterocycles. The second-order valence-electron chi connectivity index (χ2n) is 19.0. The van der Waals surface area contributed by atoms with Crippen LogP contribution in [0.25, 0.3) is 103 Å². The first-order chi connectivity index (χ1) is 35.3. The van der Waals surface area contributed by atoms with E-state index < -0.39 is 0 Å². The van der Waals surface area contributed by atoms with Crippen LogP contribution in [0.4, 0.5) is 17.1 Å². The number of furan rings is 1. The van der Waals surface area contributed by atoms with Crippen molar-refractivity contribution in [3.05, 3.63) is 265 Å². The van der Waals surface area contributed by atoms with E-state index in [1.807, 2.05) is 11.3 Å². The summed E-state index contributed by atoms with van der Waals surface area (Å²) in [4.78, 5) is 2.47. The van der Waals surface area contributed by atoms with Gasteiger partial charge in [0.05, 0.1) is 43.9 Å². The average molecular weight is 921 g/mol. The first kappa shape index (κ1) is 38.9. The quantitative estimate of drug-likeness (QED) is 0.172. The Labute approximate surface area is 413 Å². The van der Waals surface area contributed by atoms with Crippen LogP contribution in [0, 0.1) is 0 Å². The number of hydrogen-bond acceptors (Lipinski definition) is 3. The Kier molecular flexibility index (Phi) is 7.97. The van der Waals surface area contributed by atoms with Gasteiger partial charge < -0.3 is 13.9 Å². The van der Waals surface area contributed by atoms with E-state index in [4.69, 9.17) is 4.42 Å². The Bertz CT molecular complexity index is 4410. The zero-order valence-corrected chi connectivity index (χ0v) is 39.1. The summed E-state index contributed by atoms with van der Waals surface area (Å²) in [5, 5.41) is 7.08. The third kappa shape index (κ3) is 5.16. The van der Waals surface area contributed by atoms with Crippen LogP contribution >= 0.6 is 11.3 Å². The van der Waals surface area contributed by atoms with Crippen molar-refractivity contribution in [1.29, 1.82) is 0 Å². The van der Waals surface area contributed by atoms with Crippen molar-refractivity contribution in [3.8, 4) is 39.1 Å². The first-order valence-electron chi connectivity index (χ1n) is 24.4. The fourth-order valence-corrected chi connectivity index (χ4v) is 14.0. The largest absolute Gasteiger partial charge is 0.454 e. The zero-order chi connectivity index (χ0) is 46.4. The minimum Gasteiger partial charge on any atom is -0.454 e. The molecule has 3 aromatic heterocycles. The van der Waals surface area contributed by atoms with Crippen LogP contribution in [0.5, 0.6) is 0 Å². The van der Waals surface area contributed by atoms with Gasteiger partial charge in [-0.1, -0.05) is 188 Å². The fourth-order valence-electron chi connectivity index (χ4n) is 12.8. The third-order valence-corrected chi connectivity index (χ3v) is 16.8. The standard InChI is InChI=1S/C67H40N2OS/c1-8-27-52-43(19-1)44-20-2-9-28-53(44)67(52)54-29-10-3-21-45(54)51-40-41(38-39-55(51)67)42-18-4-11-30-56(42)68-57-31-12-5-24-50(57)64-58(68)32-17-33-59(64)69(60-34-15-25-48-46-22-6-13-36-62(46)70-65(48)60)61-35-16-26-49-47-23-7-14-37-63(47)71-66(49)61/h1-40H. The summed E-state index contributed by atoms with van der Waals surface area (Å²) in [6, 6.07) is 89.7. The second kappa shape index (κ2) is 14.5. The first-order valence-corrected chi connectivity index (χ1v) is 25.2. The number of nitrogens with zero attached hydrogens (tertiary/aromatic N) is 2. The van der Waals surface area contributed by atoms with Gasteiger partial charge in [0, 0.05) is 42.6 Å². The van der Waals surface area contributed by atoms with Gasteiger partial charge in [-0.05, 0) is 105 Å². The summed E-state index contributed by atoms with van der Waals surface area (Å²) in [7, 11) is 0. The van der Waals surface area contributed by atoms with Gasteiger partial charge in [0.1, 0.15) is 5.58 Å². The Morgan fingerprint density at radius 1 is 0.380 bits per heavy atom. The number of fused-ring (bicyclic) bond motifs is 19. The molecule has 0 aliphatic heterocycles. The SMILES string of the molecule is c1ccc(-n2c3ccccc3c3c(N(c4cccc5c4oc4ccccc45)c4cccc5c4sc4ccccc45)cccc32)c(-c2ccc3c(c2)-c2ccccc2C32c3ccccc3-c3ccccc32)c1. The molecule has 0 fully saturated rings. The number of anilines is 3. The summed E-state index contributed by atoms with van der Waals surface area (Å²) in [5.41, 5.74) is 20.9. The summed E-state index contributed by atoms with van der Waals surface area (Å²) < 4.78 is 11.9. The molecule has 71 heavy (non-hydrogen) atoms. The highest BCUT2D eigenvalue weighted by Crippen LogP contribution is 2.63. The molecule has 0 N–H and O–H groups in total. The van der Waals surface area contributed by atoms with Crippen LogP contribution in [-0.2, 0) is 5.41 Å². The molecular weight excluding hydrogens is 881 g/mol.